The Balaban J connectivity index is 1.98. The first-order valence-electron chi connectivity index (χ1n) is 8.16. The molecule has 1 aromatic heterocycles. The molecule has 0 aliphatic heterocycles. The molecule has 2 aromatic rings. The number of benzene rings is 1. The molecule has 1 fully saturated rings. The van der Waals surface area contributed by atoms with Crippen LogP contribution < -0.4 is 20.3 Å². The molecular formula is C18H21N3O4. The first-order chi connectivity index (χ1) is 12.0. The maximum Gasteiger partial charge on any atom is 0.271 e. The largest absolute Gasteiger partial charge is 0.497 e. The Bertz CT molecular complexity index is 825. The number of nitrogens with one attached hydrogen (secondary N) is 1. The normalized spacial score (nSPS) is 14.7. The van der Waals surface area contributed by atoms with Gasteiger partial charge in [-0.3, -0.25) is 9.59 Å². The minimum absolute atomic E-state index is 0.206. The van der Waals surface area contributed by atoms with Gasteiger partial charge in [-0.05, 0) is 44.0 Å². The quantitative estimate of drug-likeness (QED) is 0.864. The minimum atomic E-state index is -0.698. The van der Waals surface area contributed by atoms with Gasteiger partial charge in [0.05, 0.1) is 14.2 Å². The third-order valence-corrected chi connectivity index (χ3v) is 4.17. The topological polar surface area (TPSA) is 82.5 Å². The predicted molar refractivity (Wildman–Crippen MR) is 92.9 cm³/mol. The van der Waals surface area contributed by atoms with Crippen LogP contribution in [0.2, 0.25) is 0 Å². The van der Waals surface area contributed by atoms with E-state index in [0.717, 1.165) is 18.4 Å². The zero-order chi connectivity index (χ0) is 18.0. The van der Waals surface area contributed by atoms with Crippen LogP contribution in [0.3, 0.4) is 0 Å². The number of aromatic nitrogens is 2. The Morgan fingerprint density at radius 1 is 1.24 bits per heavy atom. The Morgan fingerprint density at radius 2 is 1.92 bits per heavy atom. The van der Waals surface area contributed by atoms with Crippen LogP contribution in [0.25, 0.3) is 11.3 Å². The second-order valence-corrected chi connectivity index (χ2v) is 6.03. The molecule has 0 unspecified atom stereocenters. The number of hydrogen-bond donors (Lipinski definition) is 1. The van der Waals surface area contributed by atoms with Gasteiger partial charge in [-0.2, -0.15) is 5.10 Å². The maximum absolute atomic E-state index is 12.4. The number of carbonyl (C=O) groups excluding carboxylic acids is 1. The van der Waals surface area contributed by atoms with E-state index in [1.165, 1.54) is 17.9 Å². The molecular weight excluding hydrogens is 322 g/mol. The van der Waals surface area contributed by atoms with Gasteiger partial charge in [-0.15, -0.1) is 0 Å². The highest BCUT2D eigenvalue weighted by Gasteiger charge is 2.27. The van der Waals surface area contributed by atoms with Gasteiger partial charge in [0.1, 0.15) is 17.5 Å². The summed E-state index contributed by atoms with van der Waals surface area (Å²) in [6.45, 7) is 1.66. The molecule has 132 valence electrons. The standard InChI is InChI=1S/C18H21N3O4/c1-11(18(23)19-13-6-7-13)21-16(22)10-15(25-3)17(20-21)12-4-8-14(24-2)9-5-12/h4-5,8-11,13H,6-7H2,1-3H3,(H,19,23)/t11-/m1/s1. The Kier molecular flexibility index (Phi) is 4.74. The van der Waals surface area contributed by atoms with Crippen molar-refractivity contribution in [3.8, 4) is 22.8 Å². The second kappa shape index (κ2) is 6.96. The molecule has 7 heteroatoms. The van der Waals surface area contributed by atoms with Crippen molar-refractivity contribution in [1.29, 1.82) is 0 Å². The van der Waals surface area contributed by atoms with Crippen molar-refractivity contribution in [2.45, 2.75) is 31.8 Å². The van der Waals surface area contributed by atoms with E-state index in [9.17, 15) is 9.59 Å². The van der Waals surface area contributed by atoms with Crippen molar-refractivity contribution < 1.29 is 14.3 Å². The molecule has 1 atom stereocenters. The summed E-state index contributed by atoms with van der Waals surface area (Å²) in [7, 11) is 3.07. The maximum atomic E-state index is 12.4. The van der Waals surface area contributed by atoms with E-state index in [0.29, 0.717) is 17.2 Å². The van der Waals surface area contributed by atoms with Gasteiger partial charge in [0.25, 0.3) is 5.56 Å². The lowest BCUT2D eigenvalue weighted by Gasteiger charge is -2.16. The zero-order valence-corrected chi connectivity index (χ0v) is 14.5. The molecule has 1 aliphatic rings. The van der Waals surface area contributed by atoms with Crippen LogP contribution >= 0.6 is 0 Å². The lowest BCUT2D eigenvalue weighted by molar-refractivity contribution is -0.124. The molecule has 1 N–H and O–H groups in total. The summed E-state index contributed by atoms with van der Waals surface area (Å²) in [5.74, 6) is 0.873. The molecule has 25 heavy (non-hydrogen) atoms. The molecule has 1 aromatic carbocycles. The third-order valence-electron chi connectivity index (χ3n) is 4.17. The zero-order valence-electron chi connectivity index (χ0n) is 14.5. The average molecular weight is 343 g/mol. The smallest absolute Gasteiger partial charge is 0.271 e. The van der Waals surface area contributed by atoms with E-state index in [1.807, 2.05) is 12.1 Å². The van der Waals surface area contributed by atoms with Crippen LogP contribution in [-0.4, -0.2) is 35.9 Å². The molecule has 0 spiro atoms. The van der Waals surface area contributed by atoms with E-state index >= 15 is 0 Å². The summed E-state index contributed by atoms with van der Waals surface area (Å²) in [6, 6.07) is 8.14. The summed E-state index contributed by atoms with van der Waals surface area (Å²) in [5, 5.41) is 7.29. The van der Waals surface area contributed by atoms with E-state index in [2.05, 4.69) is 10.4 Å². The van der Waals surface area contributed by atoms with Crippen molar-refractivity contribution in [2.24, 2.45) is 0 Å². The fourth-order valence-electron chi connectivity index (χ4n) is 2.50. The van der Waals surface area contributed by atoms with Gasteiger partial charge >= 0.3 is 0 Å². The van der Waals surface area contributed by atoms with Crippen molar-refractivity contribution in [3.05, 3.63) is 40.7 Å². The van der Waals surface area contributed by atoms with Crippen LogP contribution in [0.1, 0.15) is 25.8 Å². The van der Waals surface area contributed by atoms with Gasteiger partial charge in [0.2, 0.25) is 5.91 Å². The number of carbonyl (C=O) groups is 1. The Labute approximate surface area is 145 Å². The van der Waals surface area contributed by atoms with Crippen molar-refractivity contribution in [3.63, 3.8) is 0 Å². The number of ether oxygens (including phenoxy) is 2. The molecule has 1 saturated carbocycles. The average Bonchev–Trinajstić information content (AvgIpc) is 3.45. The molecule has 0 bridgehead atoms. The lowest BCUT2D eigenvalue weighted by Crippen LogP contribution is -2.38. The summed E-state index contributed by atoms with van der Waals surface area (Å²) in [4.78, 5) is 24.6. The van der Waals surface area contributed by atoms with Crippen LogP contribution in [0.5, 0.6) is 11.5 Å². The first kappa shape index (κ1) is 17.0. The van der Waals surface area contributed by atoms with Gasteiger partial charge in [-0.1, -0.05) is 0 Å². The van der Waals surface area contributed by atoms with E-state index in [4.69, 9.17) is 9.47 Å². The van der Waals surface area contributed by atoms with Crippen molar-refractivity contribution in [2.75, 3.05) is 14.2 Å². The highest BCUT2D eigenvalue weighted by Crippen LogP contribution is 2.28. The van der Waals surface area contributed by atoms with Crippen molar-refractivity contribution >= 4 is 5.91 Å². The van der Waals surface area contributed by atoms with Gasteiger partial charge in [0.15, 0.2) is 5.75 Å². The van der Waals surface area contributed by atoms with Crippen LogP contribution in [0.15, 0.2) is 35.1 Å². The Hall–Kier alpha value is -2.83. The molecule has 1 aliphatic carbocycles. The highest BCUT2D eigenvalue weighted by molar-refractivity contribution is 5.80. The monoisotopic (exact) mass is 343 g/mol. The van der Waals surface area contributed by atoms with E-state index < -0.39 is 6.04 Å². The minimum Gasteiger partial charge on any atom is -0.497 e. The van der Waals surface area contributed by atoms with E-state index in [1.54, 1.807) is 26.2 Å². The number of amides is 1. The van der Waals surface area contributed by atoms with Crippen LogP contribution in [0, 0.1) is 0 Å². The van der Waals surface area contributed by atoms with Crippen molar-refractivity contribution in [1.82, 2.24) is 15.1 Å². The summed E-state index contributed by atoms with van der Waals surface area (Å²) in [5.41, 5.74) is 0.879. The van der Waals surface area contributed by atoms with Gasteiger partial charge < -0.3 is 14.8 Å². The number of rotatable bonds is 6. The SMILES string of the molecule is COc1ccc(-c2nn([C@H](C)C(=O)NC3CC3)c(=O)cc2OC)cc1. The lowest BCUT2D eigenvalue weighted by atomic mass is 10.1. The molecule has 1 amide bonds. The highest BCUT2D eigenvalue weighted by atomic mass is 16.5. The molecule has 1 heterocycles. The van der Waals surface area contributed by atoms with Gasteiger partial charge in [-0.25, -0.2) is 4.68 Å². The molecule has 0 radical (unpaired) electrons. The van der Waals surface area contributed by atoms with Crippen LogP contribution in [-0.2, 0) is 4.79 Å². The first-order valence-corrected chi connectivity index (χ1v) is 8.16. The Morgan fingerprint density at radius 3 is 2.48 bits per heavy atom. The molecule has 0 saturated heterocycles. The predicted octanol–water partition coefficient (Wildman–Crippen LogP) is 1.77. The summed E-state index contributed by atoms with van der Waals surface area (Å²) < 4.78 is 11.7. The molecule has 3 rings (SSSR count). The summed E-state index contributed by atoms with van der Waals surface area (Å²) in [6.07, 6.45) is 1.97. The molecule has 7 nitrogen and oxygen atoms in total. The fourth-order valence-corrected chi connectivity index (χ4v) is 2.50. The van der Waals surface area contributed by atoms with E-state index in [-0.39, 0.29) is 17.5 Å². The third kappa shape index (κ3) is 3.65. The summed E-state index contributed by atoms with van der Waals surface area (Å²) >= 11 is 0. The number of nitrogens with zero attached hydrogens (tertiary/aromatic N) is 2. The number of hydrogen-bond acceptors (Lipinski definition) is 5. The van der Waals surface area contributed by atoms with Crippen LogP contribution in [0.4, 0.5) is 0 Å². The fraction of sp³-hybridized carbons (Fsp3) is 0.389. The number of methoxy groups -OCH3 is 2. The van der Waals surface area contributed by atoms with Gasteiger partial charge in [0, 0.05) is 17.7 Å². The second-order valence-electron chi connectivity index (χ2n) is 6.03.